The first-order chi connectivity index (χ1) is 10.7. The molecule has 4 nitrogen and oxygen atoms in total. The Kier molecular flexibility index (Phi) is 9.06. The minimum atomic E-state index is 0.357. The van der Waals surface area contributed by atoms with Crippen molar-refractivity contribution in [2.24, 2.45) is 10.8 Å². The Bertz CT molecular complexity index is 299. The maximum atomic E-state index is 5.70. The third-order valence-electron chi connectivity index (χ3n) is 4.08. The van der Waals surface area contributed by atoms with Crippen molar-refractivity contribution in [2.75, 3.05) is 65.7 Å². The van der Waals surface area contributed by atoms with Crippen LogP contribution in [0.15, 0.2) is 0 Å². The fraction of sp³-hybridized carbons (Fsp3) is 1.00. The summed E-state index contributed by atoms with van der Waals surface area (Å²) >= 11 is 0. The molecular formula is C19H40N2O2. The lowest BCUT2D eigenvalue weighted by Gasteiger charge is -2.37. The standard InChI is InChI=1S/C19H40N2O2/c1-18(2,3)7-13-22-15-16-23-14-12-20-8-10-21(11-9-20)17-19(4,5)6/h7-17H2,1-6H3. The molecule has 0 unspecified atom stereocenters. The van der Waals surface area contributed by atoms with Gasteiger partial charge in [-0.25, -0.2) is 0 Å². The predicted molar refractivity (Wildman–Crippen MR) is 98.0 cm³/mol. The Hall–Kier alpha value is -0.160. The fourth-order valence-electron chi connectivity index (χ4n) is 2.74. The van der Waals surface area contributed by atoms with Crippen molar-refractivity contribution in [3.05, 3.63) is 0 Å². The highest BCUT2D eigenvalue weighted by Gasteiger charge is 2.21. The lowest BCUT2D eigenvalue weighted by molar-refractivity contribution is 0.0238. The van der Waals surface area contributed by atoms with Crippen molar-refractivity contribution in [2.45, 2.75) is 48.0 Å². The summed E-state index contributed by atoms with van der Waals surface area (Å²) in [5.74, 6) is 0. The van der Waals surface area contributed by atoms with Gasteiger partial charge in [-0.05, 0) is 17.3 Å². The molecule has 1 aliphatic rings. The number of piperazine rings is 1. The largest absolute Gasteiger partial charge is 0.379 e. The average Bonchev–Trinajstić information content (AvgIpc) is 2.40. The van der Waals surface area contributed by atoms with E-state index in [0.29, 0.717) is 17.4 Å². The Balaban J connectivity index is 1.94. The minimum absolute atomic E-state index is 0.357. The van der Waals surface area contributed by atoms with E-state index in [0.717, 1.165) is 32.8 Å². The minimum Gasteiger partial charge on any atom is -0.379 e. The van der Waals surface area contributed by atoms with Crippen LogP contribution in [-0.2, 0) is 9.47 Å². The number of hydrogen-bond acceptors (Lipinski definition) is 4. The number of ether oxygens (including phenoxy) is 2. The molecule has 0 aliphatic carbocycles. The van der Waals surface area contributed by atoms with Crippen molar-refractivity contribution >= 4 is 0 Å². The number of nitrogens with zero attached hydrogens (tertiary/aromatic N) is 2. The second kappa shape index (κ2) is 9.97. The second-order valence-corrected chi connectivity index (χ2v) is 9.21. The summed E-state index contributed by atoms with van der Waals surface area (Å²) in [6, 6.07) is 0. The predicted octanol–water partition coefficient (Wildman–Crippen LogP) is 3.12. The van der Waals surface area contributed by atoms with Crippen LogP contribution in [0.2, 0.25) is 0 Å². The summed E-state index contributed by atoms with van der Waals surface area (Å²) in [5.41, 5.74) is 0.758. The molecule has 0 spiro atoms. The van der Waals surface area contributed by atoms with Crippen molar-refractivity contribution < 1.29 is 9.47 Å². The molecule has 138 valence electrons. The fourth-order valence-corrected chi connectivity index (χ4v) is 2.74. The van der Waals surface area contributed by atoms with Gasteiger partial charge in [-0.3, -0.25) is 4.90 Å². The molecule has 0 atom stereocenters. The van der Waals surface area contributed by atoms with Crippen molar-refractivity contribution in [3.63, 3.8) is 0 Å². The topological polar surface area (TPSA) is 24.9 Å². The Morgan fingerprint density at radius 2 is 1.17 bits per heavy atom. The summed E-state index contributed by atoms with van der Waals surface area (Å²) in [4.78, 5) is 5.10. The lowest BCUT2D eigenvalue weighted by atomic mass is 9.93. The molecule has 0 amide bonds. The van der Waals surface area contributed by atoms with Crippen molar-refractivity contribution in [1.82, 2.24) is 9.80 Å². The summed E-state index contributed by atoms with van der Waals surface area (Å²) < 4.78 is 11.3. The van der Waals surface area contributed by atoms with Gasteiger partial charge in [-0.2, -0.15) is 0 Å². The molecule has 1 heterocycles. The molecule has 0 aromatic rings. The molecule has 0 bridgehead atoms. The lowest BCUT2D eigenvalue weighted by Crippen LogP contribution is -2.49. The average molecular weight is 329 g/mol. The van der Waals surface area contributed by atoms with Crippen LogP contribution < -0.4 is 0 Å². The Morgan fingerprint density at radius 3 is 1.70 bits per heavy atom. The third kappa shape index (κ3) is 11.9. The van der Waals surface area contributed by atoms with E-state index in [-0.39, 0.29) is 0 Å². The number of rotatable bonds is 9. The van der Waals surface area contributed by atoms with E-state index in [1.54, 1.807) is 0 Å². The van der Waals surface area contributed by atoms with Gasteiger partial charge in [0.1, 0.15) is 0 Å². The molecule has 1 aliphatic heterocycles. The molecule has 1 rings (SSSR count). The van der Waals surface area contributed by atoms with E-state index in [2.05, 4.69) is 51.3 Å². The molecule has 0 N–H and O–H groups in total. The molecular weight excluding hydrogens is 288 g/mol. The van der Waals surface area contributed by atoms with Crippen LogP contribution >= 0.6 is 0 Å². The Morgan fingerprint density at radius 1 is 0.652 bits per heavy atom. The quantitative estimate of drug-likeness (QED) is 0.607. The van der Waals surface area contributed by atoms with Crippen LogP contribution in [0.3, 0.4) is 0 Å². The first-order valence-electron chi connectivity index (χ1n) is 9.26. The molecule has 1 fully saturated rings. The zero-order chi connectivity index (χ0) is 17.3. The van der Waals surface area contributed by atoms with E-state index in [4.69, 9.17) is 9.47 Å². The normalized spacial score (nSPS) is 18.5. The molecule has 0 aromatic carbocycles. The zero-order valence-corrected chi connectivity index (χ0v) is 16.5. The van der Waals surface area contributed by atoms with E-state index in [9.17, 15) is 0 Å². The maximum absolute atomic E-state index is 5.70. The van der Waals surface area contributed by atoms with Gasteiger partial charge in [0.25, 0.3) is 0 Å². The summed E-state index contributed by atoms with van der Waals surface area (Å²) in [6.07, 6.45) is 1.10. The van der Waals surface area contributed by atoms with Crippen LogP contribution in [0.4, 0.5) is 0 Å². The van der Waals surface area contributed by atoms with E-state index >= 15 is 0 Å². The van der Waals surface area contributed by atoms with Gasteiger partial charge in [0.2, 0.25) is 0 Å². The van der Waals surface area contributed by atoms with Gasteiger partial charge >= 0.3 is 0 Å². The van der Waals surface area contributed by atoms with Crippen LogP contribution in [0, 0.1) is 10.8 Å². The summed E-state index contributed by atoms with van der Waals surface area (Å²) in [5, 5.41) is 0. The van der Waals surface area contributed by atoms with Gasteiger partial charge < -0.3 is 14.4 Å². The number of hydrogen-bond donors (Lipinski definition) is 0. The van der Waals surface area contributed by atoms with Gasteiger partial charge in [0, 0.05) is 45.9 Å². The van der Waals surface area contributed by atoms with E-state index in [1.165, 1.54) is 32.7 Å². The highest BCUT2D eigenvalue weighted by Crippen LogP contribution is 2.18. The molecule has 0 saturated carbocycles. The van der Waals surface area contributed by atoms with E-state index in [1.807, 2.05) is 0 Å². The van der Waals surface area contributed by atoms with Gasteiger partial charge in [-0.1, -0.05) is 41.5 Å². The van der Waals surface area contributed by atoms with Crippen molar-refractivity contribution in [3.8, 4) is 0 Å². The molecule has 0 radical (unpaired) electrons. The van der Waals surface area contributed by atoms with Crippen LogP contribution in [0.25, 0.3) is 0 Å². The Labute approximate surface area is 144 Å². The first kappa shape index (κ1) is 20.9. The molecule has 23 heavy (non-hydrogen) atoms. The van der Waals surface area contributed by atoms with Crippen molar-refractivity contribution in [1.29, 1.82) is 0 Å². The highest BCUT2D eigenvalue weighted by atomic mass is 16.5. The molecule has 0 aromatic heterocycles. The summed E-state index contributed by atoms with van der Waals surface area (Å²) in [6.45, 7) is 23.7. The monoisotopic (exact) mass is 328 g/mol. The van der Waals surface area contributed by atoms with Crippen LogP contribution in [0.5, 0.6) is 0 Å². The van der Waals surface area contributed by atoms with Gasteiger partial charge in [-0.15, -0.1) is 0 Å². The summed E-state index contributed by atoms with van der Waals surface area (Å²) in [7, 11) is 0. The van der Waals surface area contributed by atoms with Crippen LogP contribution in [-0.4, -0.2) is 75.5 Å². The van der Waals surface area contributed by atoms with Gasteiger partial charge in [0.05, 0.1) is 19.8 Å². The van der Waals surface area contributed by atoms with E-state index < -0.39 is 0 Å². The second-order valence-electron chi connectivity index (χ2n) is 9.21. The maximum Gasteiger partial charge on any atom is 0.0701 e. The first-order valence-corrected chi connectivity index (χ1v) is 9.26. The third-order valence-corrected chi connectivity index (χ3v) is 4.08. The smallest absolute Gasteiger partial charge is 0.0701 e. The van der Waals surface area contributed by atoms with Crippen LogP contribution in [0.1, 0.15) is 48.0 Å². The van der Waals surface area contributed by atoms with Gasteiger partial charge in [0.15, 0.2) is 0 Å². The highest BCUT2D eigenvalue weighted by molar-refractivity contribution is 4.76. The SMILES string of the molecule is CC(C)(C)CCOCCOCCN1CCN(CC(C)(C)C)CC1. The molecule has 1 saturated heterocycles. The zero-order valence-electron chi connectivity index (χ0n) is 16.5. The molecule has 4 heteroatoms.